The minimum atomic E-state index is 0.0653. The van der Waals surface area contributed by atoms with Crippen molar-refractivity contribution in [1.29, 1.82) is 0 Å². The Labute approximate surface area is 98.8 Å². The van der Waals surface area contributed by atoms with Crippen LogP contribution in [0.2, 0.25) is 0 Å². The molecule has 0 aromatic heterocycles. The predicted molar refractivity (Wildman–Crippen MR) is 68.9 cm³/mol. The summed E-state index contributed by atoms with van der Waals surface area (Å²) in [4.78, 5) is 0. The maximum Gasteiger partial charge on any atom is 0.124 e. The normalized spacial score (nSPS) is 12.9. The van der Waals surface area contributed by atoms with Crippen molar-refractivity contribution < 1.29 is 4.74 Å². The lowest BCUT2D eigenvalue weighted by atomic mass is 9.92. The van der Waals surface area contributed by atoms with Gasteiger partial charge < -0.3 is 10.5 Å². The second-order valence-electron chi connectivity index (χ2n) is 4.93. The summed E-state index contributed by atoms with van der Waals surface area (Å²) in [5, 5.41) is 0. The van der Waals surface area contributed by atoms with E-state index in [4.69, 9.17) is 10.5 Å². The molecule has 0 bridgehead atoms. The van der Waals surface area contributed by atoms with Crippen LogP contribution in [0.5, 0.6) is 5.75 Å². The van der Waals surface area contributed by atoms with Crippen LogP contribution in [0.25, 0.3) is 0 Å². The van der Waals surface area contributed by atoms with E-state index in [1.807, 2.05) is 0 Å². The Balaban J connectivity index is 3.10. The van der Waals surface area contributed by atoms with Crippen LogP contribution in [0.4, 0.5) is 0 Å². The molecule has 1 aromatic rings. The minimum absolute atomic E-state index is 0.0653. The molecule has 0 amide bonds. The van der Waals surface area contributed by atoms with Crippen molar-refractivity contribution >= 4 is 0 Å². The summed E-state index contributed by atoms with van der Waals surface area (Å²) in [6.07, 6.45) is 0.986. The number of ether oxygens (including phenoxy) is 1. The van der Waals surface area contributed by atoms with Crippen molar-refractivity contribution in [3.8, 4) is 5.75 Å². The topological polar surface area (TPSA) is 35.2 Å². The van der Waals surface area contributed by atoms with Gasteiger partial charge in [-0.1, -0.05) is 19.9 Å². The fourth-order valence-electron chi connectivity index (χ4n) is 2.21. The highest BCUT2D eigenvalue weighted by atomic mass is 16.5. The molecule has 1 atom stereocenters. The summed E-state index contributed by atoms with van der Waals surface area (Å²) in [7, 11) is 1.71. The van der Waals surface area contributed by atoms with Crippen LogP contribution in [0, 0.1) is 19.8 Å². The number of hydrogen-bond donors (Lipinski definition) is 1. The van der Waals surface area contributed by atoms with Crippen molar-refractivity contribution in [2.24, 2.45) is 11.7 Å². The Kier molecular flexibility index (Phi) is 4.36. The second-order valence-corrected chi connectivity index (χ2v) is 4.93. The van der Waals surface area contributed by atoms with Crippen molar-refractivity contribution in [3.05, 3.63) is 28.8 Å². The van der Waals surface area contributed by atoms with Crippen LogP contribution in [0.3, 0.4) is 0 Å². The summed E-state index contributed by atoms with van der Waals surface area (Å²) < 4.78 is 5.43. The standard InChI is InChI=1S/C14H23NO/c1-9(2)6-12(15)14-11(4)7-10(3)8-13(14)16-5/h7-9,12H,6,15H2,1-5H3. The average Bonchev–Trinajstić information content (AvgIpc) is 2.14. The first-order chi connectivity index (χ1) is 7.45. The molecule has 0 fully saturated rings. The summed E-state index contributed by atoms with van der Waals surface area (Å²) in [5.41, 5.74) is 9.84. The lowest BCUT2D eigenvalue weighted by Gasteiger charge is -2.20. The van der Waals surface area contributed by atoms with Gasteiger partial charge in [-0.2, -0.15) is 0 Å². The Hall–Kier alpha value is -1.02. The molecule has 2 heteroatoms. The highest BCUT2D eigenvalue weighted by molar-refractivity contribution is 5.44. The molecule has 0 aliphatic rings. The van der Waals surface area contributed by atoms with E-state index in [0.29, 0.717) is 5.92 Å². The zero-order valence-electron chi connectivity index (χ0n) is 11.0. The van der Waals surface area contributed by atoms with Crippen molar-refractivity contribution in [1.82, 2.24) is 0 Å². The van der Waals surface area contributed by atoms with Gasteiger partial charge in [0.25, 0.3) is 0 Å². The second kappa shape index (κ2) is 5.35. The Bertz CT molecular complexity index is 358. The van der Waals surface area contributed by atoms with E-state index >= 15 is 0 Å². The lowest BCUT2D eigenvalue weighted by molar-refractivity contribution is 0.398. The number of aryl methyl sites for hydroxylation is 2. The zero-order valence-corrected chi connectivity index (χ0v) is 11.0. The van der Waals surface area contributed by atoms with Crippen LogP contribution in [0.15, 0.2) is 12.1 Å². The molecular formula is C14H23NO. The van der Waals surface area contributed by atoms with Crippen molar-refractivity contribution in [3.63, 3.8) is 0 Å². The van der Waals surface area contributed by atoms with Gasteiger partial charge in [-0.25, -0.2) is 0 Å². The van der Waals surface area contributed by atoms with E-state index in [-0.39, 0.29) is 6.04 Å². The van der Waals surface area contributed by atoms with Gasteiger partial charge in [-0.3, -0.25) is 0 Å². The van der Waals surface area contributed by atoms with E-state index in [1.54, 1.807) is 7.11 Å². The highest BCUT2D eigenvalue weighted by Gasteiger charge is 2.16. The van der Waals surface area contributed by atoms with Crippen LogP contribution >= 0.6 is 0 Å². The van der Waals surface area contributed by atoms with Crippen LogP contribution in [0.1, 0.15) is 43.0 Å². The molecule has 1 aromatic carbocycles. The van der Waals surface area contributed by atoms with E-state index in [0.717, 1.165) is 17.7 Å². The van der Waals surface area contributed by atoms with Crippen molar-refractivity contribution in [2.75, 3.05) is 7.11 Å². The average molecular weight is 221 g/mol. The molecule has 2 nitrogen and oxygen atoms in total. The first-order valence-corrected chi connectivity index (χ1v) is 5.86. The third kappa shape index (κ3) is 2.99. The molecule has 0 saturated heterocycles. The lowest BCUT2D eigenvalue weighted by Crippen LogP contribution is -2.15. The zero-order chi connectivity index (χ0) is 12.3. The van der Waals surface area contributed by atoms with E-state index < -0.39 is 0 Å². The number of nitrogens with two attached hydrogens (primary N) is 1. The van der Waals surface area contributed by atoms with Gasteiger partial charge in [0.15, 0.2) is 0 Å². The number of benzene rings is 1. The van der Waals surface area contributed by atoms with Gasteiger partial charge in [-0.05, 0) is 43.4 Å². The fraction of sp³-hybridized carbons (Fsp3) is 0.571. The van der Waals surface area contributed by atoms with Gasteiger partial charge in [-0.15, -0.1) is 0 Å². The largest absolute Gasteiger partial charge is 0.496 e. The van der Waals surface area contributed by atoms with Gasteiger partial charge in [0.1, 0.15) is 5.75 Å². The maximum atomic E-state index is 6.24. The van der Waals surface area contributed by atoms with E-state index in [9.17, 15) is 0 Å². The smallest absolute Gasteiger partial charge is 0.124 e. The SMILES string of the molecule is COc1cc(C)cc(C)c1C(N)CC(C)C. The van der Waals surface area contributed by atoms with Gasteiger partial charge in [0, 0.05) is 11.6 Å². The molecular weight excluding hydrogens is 198 g/mol. The highest BCUT2D eigenvalue weighted by Crippen LogP contribution is 2.31. The van der Waals surface area contributed by atoms with Crippen LogP contribution in [-0.2, 0) is 0 Å². The van der Waals surface area contributed by atoms with Crippen LogP contribution < -0.4 is 10.5 Å². The third-order valence-corrected chi connectivity index (χ3v) is 2.81. The molecule has 0 radical (unpaired) electrons. The molecule has 1 unspecified atom stereocenters. The maximum absolute atomic E-state index is 6.24. The van der Waals surface area contributed by atoms with E-state index in [2.05, 4.69) is 39.8 Å². The first-order valence-electron chi connectivity index (χ1n) is 5.86. The summed E-state index contributed by atoms with van der Waals surface area (Å²) in [6, 6.07) is 4.29. The van der Waals surface area contributed by atoms with Gasteiger partial charge in [0.05, 0.1) is 7.11 Å². The number of hydrogen-bond acceptors (Lipinski definition) is 2. The monoisotopic (exact) mass is 221 g/mol. The quantitative estimate of drug-likeness (QED) is 0.846. The van der Waals surface area contributed by atoms with Gasteiger partial charge >= 0.3 is 0 Å². The van der Waals surface area contributed by atoms with E-state index in [1.165, 1.54) is 11.1 Å². The molecule has 0 aliphatic heterocycles. The predicted octanol–water partition coefficient (Wildman–Crippen LogP) is 3.36. The number of rotatable bonds is 4. The summed E-state index contributed by atoms with van der Waals surface area (Å²) >= 11 is 0. The third-order valence-electron chi connectivity index (χ3n) is 2.81. The first kappa shape index (κ1) is 13.0. The van der Waals surface area contributed by atoms with Crippen molar-refractivity contribution in [2.45, 2.75) is 40.2 Å². The molecule has 0 spiro atoms. The van der Waals surface area contributed by atoms with Gasteiger partial charge in [0.2, 0.25) is 0 Å². The Morgan fingerprint density at radius 2 is 1.88 bits per heavy atom. The molecule has 0 aliphatic carbocycles. The minimum Gasteiger partial charge on any atom is -0.496 e. The number of methoxy groups -OCH3 is 1. The summed E-state index contributed by atoms with van der Waals surface area (Å²) in [5.74, 6) is 1.52. The Morgan fingerprint density at radius 3 is 2.38 bits per heavy atom. The molecule has 2 N–H and O–H groups in total. The fourth-order valence-corrected chi connectivity index (χ4v) is 2.21. The Morgan fingerprint density at radius 1 is 1.25 bits per heavy atom. The van der Waals surface area contributed by atoms with Crippen LogP contribution in [-0.4, -0.2) is 7.11 Å². The molecule has 16 heavy (non-hydrogen) atoms. The molecule has 0 saturated carbocycles. The molecule has 1 rings (SSSR count). The summed E-state index contributed by atoms with van der Waals surface area (Å²) in [6.45, 7) is 8.56. The molecule has 90 valence electrons. The molecule has 0 heterocycles.